The number of nitrogens with zero attached hydrogens (tertiary/aromatic N) is 2. The summed E-state index contributed by atoms with van der Waals surface area (Å²) in [5, 5.41) is 4.57. The highest BCUT2D eigenvalue weighted by molar-refractivity contribution is 6.07. The number of ketones is 1. The van der Waals surface area contributed by atoms with Crippen LogP contribution in [0.25, 0.3) is 16.9 Å². The summed E-state index contributed by atoms with van der Waals surface area (Å²) in [5.41, 5.74) is 1.57. The van der Waals surface area contributed by atoms with E-state index >= 15 is 0 Å². The molecule has 0 saturated carbocycles. The van der Waals surface area contributed by atoms with Crippen LogP contribution in [0.5, 0.6) is 11.5 Å². The van der Waals surface area contributed by atoms with Crippen LogP contribution in [0.1, 0.15) is 31.2 Å². The molecule has 1 aromatic heterocycles. The number of esters is 2. The highest BCUT2D eigenvalue weighted by atomic mass is 16.5. The van der Waals surface area contributed by atoms with Crippen molar-refractivity contribution < 1.29 is 33.3 Å². The Hall–Kier alpha value is -4.92. The van der Waals surface area contributed by atoms with Crippen LogP contribution in [0.4, 0.5) is 0 Å². The molecule has 4 rings (SSSR count). The topological polar surface area (TPSA) is 106 Å². The standard InChI is InChI=1S/C28H24N2O7/c1-34-23-16-19(14-15-22(23)37-17-21(31)18-10-6-4-7-11-18)25-24(27(32)35-2)26(28(33)36-3)30(29-25)20-12-8-5-9-13-20/h4-16H,17H2,1-3H3. The third-order valence-electron chi connectivity index (χ3n) is 5.55. The Morgan fingerprint density at radius 1 is 0.784 bits per heavy atom. The molecule has 0 radical (unpaired) electrons. The molecule has 0 aliphatic heterocycles. The molecule has 9 heteroatoms. The number of ether oxygens (including phenoxy) is 4. The molecule has 0 atom stereocenters. The molecule has 188 valence electrons. The molecule has 37 heavy (non-hydrogen) atoms. The van der Waals surface area contributed by atoms with Gasteiger partial charge < -0.3 is 18.9 Å². The number of carbonyl (C=O) groups excluding carboxylic acids is 3. The van der Waals surface area contributed by atoms with Crippen molar-refractivity contribution in [3.63, 3.8) is 0 Å². The number of hydrogen-bond donors (Lipinski definition) is 0. The van der Waals surface area contributed by atoms with Crippen LogP contribution >= 0.6 is 0 Å². The van der Waals surface area contributed by atoms with Crippen molar-refractivity contribution in [2.75, 3.05) is 27.9 Å². The van der Waals surface area contributed by atoms with Gasteiger partial charge in [-0.1, -0.05) is 48.5 Å². The fraction of sp³-hybridized carbons (Fsp3) is 0.143. The van der Waals surface area contributed by atoms with Crippen LogP contribution in [0.15, 0.2) is 78.9 Å². The van der Waals surface area contributed by atoms with Gasteiger partial charge in [0.05, 0.1) is 27.0 Å². The molecule has 0 bridgehead atoms. The third-order valence-corrected chi connectivity index (χ3v) is 5.55. The lowest BCUT2D eigenvalue weighted by Gasteiger charge is -2.12. The summed E-state index contributed by atoms with van der Waals surface area (Å²) < 4.78 is 22.5. The number of hydrogen-bond acceptors (Lipinski definition) is 8. The molecule has 0 aliphatic rings. The van der Waals surface area contributed by atoms with Crippen LogP contribution < -0.4 is 9.47 Å². The Kier molecular flexibility index (Phi) is 7.63. The molecular weight excluding hydrogens is 476 g/mol. The Morgan fingerprint density at radius 2 is 1.43 bits per heavy atom. The van der Waals surface area contributed by atoms with Gasteiger partial charge in [-0.25, -0.2) is 14.3 Å². The summed E-state index contributed by atoms with van der Waals surface area (Å²) >= 11 is 0. The van der Waals surface area contributed by atoms with Crippen molar-refractivity contribution in [2.45, 2.75) is 0 Å². The predicted molar refractivity (Wildman–Crippen MR) is 134 cm³/mol. The molecule has 4 aromatic rings. The number of aromatic nitrogens is 2. The van der Waals surface area contributed by atoms with Gasteiger partial charge in [-0.2, -0.15) is 5.10 Å². The smallest absolute Gasteiger partial charge is 0.357 e. The van der Waals surface area contributed by atoms with Gasteiger partial charge in [0.2, 0.25) is 0 Å². The maximum absolute atomic E-state index is 12.9. The minimum absolute atomic E-state index is 0.0619. The Labute approximate surface area is 213 Å². The summed E-state index contributed by atoms with van der Waals surface area (Å²) in [6, 6.07) is 22.5. The Balaban J connectivity index is 1.76. The molecule has 0 N–H and O–H groups in total. The molecule has 9 nitrogen and oxygen atoms in total. The summed E-state index contributed by atoms with van der Waals surface area (Å²) in [4.78, 5) is 38.1. The van der Waals surface area contributed by atoms with Crippen molar-refractivity contribution >= 4 is 17.7 Å². The van der Waals surface area contributed by atoms with Gasteiger partial charge in [-0.3, -0.25) is 4.79 Å². The SMILES string of the molecule is COC(=O)c1c(-c2ccc(OCC(=O)c3ccccc3)c(OC)c2)nn(-c2ccccc2)c1C(=O)OC. The molecule has 1 heterocycles. The number of carbonyl (C=O) groups is 3. The lowest BCUT2D eigenvalue weighted by atomic mass is 10.0. The van der Waals surface area contributed by atoms with Crippen molar-refractivity contribution in [3.05, 3.63) is 95.7 Å². The van der Waals surface area contributed by atoms with E-state index < -0.39 is 11.9 Å². The highest BCUT2D eigenvalue weighted by Gasteiger charge is 2.31. The number of para-hydroxylation sites is 1. The Morgan fingerprint density at radius 3 is 2.05 bits per heavy atom. The molecule has 0 unspecified atom stereocenters. The largest absolute Gasteiger partial charge is 0.493 e. The molecule has 0 fully saturated rings. The van der Waals surface area contributed by atoms with Crippen molar-refractivity contribution in [1.29, 1.82) is 0 Å². The van der Waals surface area contributed by atoms with E-state index in [-0.39, 0.29) is 29.3 Å². The lowest BCUT2D eigenvalue weighted by Crippen LogP contribution is -2.15. The van der Waals surface area contributed by atoms with Crippen molar-refractivity contribution in [2.24, 2.45) is 0 Å². The maximum atomic E-state index is 12.9. The number of benzene rings is 3. The second-order valence-corrected chi connectivity index (χ2v) is 7.75. The monoisotopic (exact) mass is 500 g/mol. The van der Waals surface area contributed by atoms with Gasteiger partial charge in [0.25, 0.3) is 0 Å². The van der Waals surface area contributed by atoms with Gasteiger partial charge >= 0.3 is 11.9 Å². The van der Waals surface area contributed by atoms with E-state index in [4.69, 9.17) is 18.9 Å². The first-order valence-electron chi connectivity index (χ1n) is 11.2. The van der Waals surface area contributed by atoms with E-state index in [9.17, 15) is 14.4 Å². The zero-order valence-electron chi connectivity index (χ0n) is 20.5. The average Bonchev–Trinajstić information content (AvgIpc) is 3.36. The second-order valence-electron chi connectivity index (χ2n) is 7.75. The van der Waals surface area contributed by atoms with Gasteiger partial charge in [0.1, 0.15) is 11.3 Å². The van der Waals surface area contributed by atoms with E-state index in [0.717, 1.165) is 0 Å². The maximum Gasteiger partial charge on any atom is 0.357 e. The van der Waals surface area contributed by atoms with Gasteiger partial charge in [0.15, 0.2) is 29.6 Å². The lowest BCUT2D eigenvalue weighted by molar-refractivity contribution is 0.0549. The molecule has 0 aliphatic carbocycles. The summed E-state index contributed by atoms with van der Waals surface area (Å²) in [6.07, 6.45) is 0. The molecule has 0 spiro atoms. The minimum Gasteiger partial charge on any atom is -0.493 e. The van der Waals surface area contributed by atoms with Crippen molar-refractivity contribution in [3.8, 4) is 28.4 Å². The Bertz CT molecular complexity index is 1430. The normalized spacial score (nSPS) is 10.5. The predicted octanol–water partition coefficient (Wildman–Crippen LogP) is 4.38. The van der Waals surface area contributed by atoms with E-state index in [1.165, 1.54) is 26.0 Å². The quantitative estimate of drug-likeness (QED) is 0.246. The summed E-state index contributed by atoms with van der Waals surface area (Å²) in [7, 11) is 3.89. The average molecular weight is 501 g/mol. The van der Waals surface area contributed by atoms with Gasteiger partial charge in [0, 0.05) is 11.1 Å². The highest BCUT2D eigenvalue weighted by Crippen LogP contribution is 2.35. The zero-order chi connectivity index (χ0) is 26.4. The third kappa shape index (κ3) is 5.20. The first-order chi connectivity index (χ1) is 18.0. The van der Waals surface area contributed by atoms with Crippen LogP contribution in [0.2, 0.25) is 0 Å². The van der Waals surface area contributed by atoms with Gasteiger partial charge in [-0.15, -0.1) is 0 Å². The van der Waals surface area contributed by atoms with E-state index in [1.807, 2.05) is 12.1 Å². The zero-order valence-corrected chi connectivity index (χ0v) is 20.5. The number of Topliss-reactive ketones (excluding diaryl/α,β-unsaturated/α-hetero) is 1. The van der Waals surface area contributed by atoms with Crippen LogP contribution in [-0.2, 0) is 9.47 Å². The van der Waals surface area contributed by atoms with Crippen LogP contribution in [-0.4, -0.2) is 55.4 Å². The van der Waals surface area contributed by atoms with E-state index in [2.05, 4.69) is 5.10 Å². The molecule has 0 saturated heterocycles. The van der Waals surface area contributed by atoms with Gasteiger partial charge in [-0.05, 0) is 30.3 Å². The summed E-state index contributed by atoms with van der Waals surface area (Å²) in [6.45, 7) is -0.192. The first-order valence-corrected chi connectivity index (χ1v) is 11.2. The fourth-order valence-electron chi connectivity index (χ4n) is 3.74. The van der Waals surface area contributed by atoms with Crippen LogP contribution in [0.3, 0.4) is 0 Å². The fourth-order valence-corrected chi connectivity index (χ4v) is 3.74. The molecule has 3 aromatic carbocycles. The van der Waals surface area contributed by atoms with E-state index in [0.29, 0.717) is 28.3 Å². The first kappa shape index (κ1) is 25.2. The van der Waals surface area contributed by atoms with Crippen molar-refractivity contribution in [1.82, 2.24) is 9.78 Å². The number of methoxy groups -OCH3 is 3. The number of rotatable bonds is 9. The molecule has 0 amide bonds. The minimum atomic E-state index is -0.759. The molecular formula is C28H24N2O7. The van der Waals surface area contributed by atoms with E-state index in [1.54, 1.807) is 66.7 Å². The second kappa shape index (κ2) is 11.2. The van der Waals surface area contributed by atoms with Crippen LogP contribution in [0, 0.1) is 0 Å². The summed E-state index contributed by atoms with van der Waals surface area (Å²) in [5.74, 6) is -1.07.